The third-order valence-electron chi connectivity index (χ3n) is 4.42. The Morgan fingerprint density at radius 2 is 1.85 bits per heavy atom. The van der Waals surface area contributed by atoms with Gasteiger partial charge in [0.25, 0.3) is 5.91 Å². The van der Waals surface area contributed by atoms with Gasteiger partial charge in [0, 0.05) is 6.54 Å². The van der Waals surface area contributed by atoms with Crippen molar-refractivity contribution in [2.24, 2.45) is 0 Å². The highest BCUT2D eigenvalue weighted by Crippen LogP contribution is 2.29. The van der Waals surface area contributed by atoms with E-state index >= 15 is 0 Å². The number of carbonyl (C=O) groups is 2. The van der Waals surface area contributed by atoms with E-state index in [0.717, 1.165) is 19.3 Å². The standard InChI is InChI=1S/C20H27NO5/c1-14(19(22)21-13-12-15-8-5-4-6-9-15)26-20(23)18-16(24-2)10-7-11-17(18)25-3/h7-8,10-11,14H,4-6,9,12-13H2,1-3H3,(H,21,22)/t14-/m0/s1. The third-order valence-corrected chi connectivity index (χ3v) is 4.42. The summed E-state index contributed by atoms with van der Waals surface area (Å²) in [6, 6.07) is 4.99. The molecule has 0 aliphatic heterocycles. The van der Waals surface area contributed by atoms with Gasteiger partial charge >= 0.3 is 5.97 Å². The molecule has 1 amide bonds. The minimum atomic E-state index is -0.905. The predicted octanol–water partition coefficient (Wildman–Crippen LogP) is 3.26. The van der Waals surface area contributed by atoms with E-state index in [4.69, 9.17) is 14.2 Å². The van der Waals surface area contributed by atoms with Crippen molar-refractivity contribution < 1.29 is 23.8 Å². The number of nitrogens with one attached hydrogen (secondary N) is 1. The third kappa shape index (κ3) is 5.25. The van der Waals surface area contributed by atoms with E-state index in [-0.39, 0.29) is 11.5 Å². The average molecular weight is 361 g/mol. The van der Waals surface area contributed by atoms with Crippen molar-refractivity contribution in [1.82, 2.24) is 5.32 Å². The highest BCUT2D eigenvalue weighted by atomic mass is 16.6. The molecule has 0 saturated heterocycles. The van der Waals surface area contributed by atoms with Crippen LogP contribution in [0.25, 0.3) is 0 Å². The number of rotatable bonds is 8. The molecule has 1 aromatic rings. The Bertz CT molecular complexity index is 646. The van der Waals surface area contributed by atoms with Crippen LogP contribution in [0.15, 0.2) is 29.8 Å². The van der Waals surface area contributed by atoms with E-state index in [1.54, 1.807) is 25.1 Å². The van der Waals surface area contributed by atoms with Gasteiger partial charge in [-0.15, -0.1) is 0 Å². The van der Waals surface area contributed by atoms with Crippen LogP contribution in [0.4, 0.5) is 0 Å². The molecule has 0 aromatic heterocycles. The Morgan fingerprint density at radius 3 is 2.42 bits per heavy atom. The van der Waals surface area contributed by atoms with Crippen LogP contribution in [0.1, 0.15) is 49.4 Å². The van der Waals surface area contributed by atoms with Crippen LogP contribution < -0.4 is 14.8 Å². The molecule has 1 N–H and O–H groups in total. The molecule has 0 bridgehead atoms. The quantitative estimate of drug-likeness (QED) is 0.568. The van der Waals surface area contributed by atoms with Crippen molar-refractivity contribution in [3.63, 3.8) is 0 Å². The van der Waals surface area contributed by atoms with Gasteiger partial charge in [0.15, 0.2) is 6.10 Å². The summed E-state index contributed by atoms with van der Waals surface area (Å²) >= 11 is 0. The van der Waals surface area contributed by atoms with Crippen LogP contribution in [-0.4, -0.2) is 38.7 Å². The molecule has 1 atom stereocenters. The van der Waals surface area contributed by atoms with Crippen molar-refractivity contribution in [2.75, 3.05) is 20.8 Å². The van der Waals surface area contributed by atoms with Gasteiger partial charge in [-0.3, -0.25) is 4.79 Å². The molecular weight excluding hydrogens is 334 g/mol. The maximum Gasteiger partial charge on any atom is 0.346 e. The Balaban J connectivity index is 1.90. The van der Waals surface area contributed by atoms with Gasteiger partial charge in [0.2, 0.25) is 0 Å². The minimum absolute atomic E-state index is 0.171. The smallest absolute Gasteiger partial charge is 0.346 e. The Labute approximate surface area is 154 Å². The van der Waals surface area contributed by atoms with Crippen LogP contribution in [0.5, 0.6) is 11.5 Å². The number of amides is 1. The van der Waals surface area contributed by atoms with E-state index in [2.05, 4.69) is 11.4 Å². The van der Waals surface area contributed by atoms with Crippen molar-refractivity contribution in [3.8, 4) is 11.5 Å². The first-order valence-corrected chi connectivity index (χ1v) is 8.94. The fraction of sp³-hybridized carbons (Fsp3) is 0.500. The predicted molar refractivity (Wildman–Crippen MR) is 98.6 cm³/mol. The molecule has 0 spiro atoms. The largest absolute Gasteiger partial charge is 0.496 e. The lowest BCUT2D eigenvalue weighted by Crippen LogP contribution is -2.36. The summed E-state index contributed by atoms with van der Waals surface area (Å²) in [5.41, 5.74) is 1.56. The van der Waals surface area contributed by atoms with Crippen LogP contribution in [-0.2, 0) is 9.53 Å². The second kappa shape index (κ2) is 9.85. The van der Waals surface area contributed by atoms with Gasteiger partial charge in [0.1, 0.15) is 17.1 Å². The zero-order valence-electron chi connectivity index (χ0n) is 15.7. The van der Waals surface area contributed by atoms with Crippen molar-refractivity contribution >= 4 is 11.9 Å². The molecule has 142 valence electrons. The molecule has 1 aliphatic rings. The fourth-order valence-electron chi connectivity index (χ4n) is 2.95. The van der Waals surface area contributed by atoms with E-state index in [1.807, 2.05) is 0 Å². The number of allylic oxidation sites excluding steroid dienone is 1. The Hall–Kier alpha value is -2.50. The van der Waals surface area contributed by atoms with Gasteiger partial charge in [-0.25, -0.2) is 4.79 Å². The molecule has 0 radical (unpaired) electrons. The molecular formula is C20H27NO5. The Morgan fingerprint density at radius 1 is 1.15 bits per heavy atom. The van der Waals surface area contributed by atoms with E-state index < -0.39 is 12.1 Å². The normalized spacial score (nSPS) is 14.8. The summed E-state index contributed by atoms with van der Waals surface area (Å²) in [6.45, 7) is 2.10. The number of hydrogen-bond acceptors (Lipinski definition) is 5. The monoisotopic (exact) mass is 361 g/mol. The van der Waals surface area contributed by atoms with E-state index in [0.29, 0.717) is 18.0 Å². The number of ether oxygens (including phenoxy) is 3. The maximum atomic E-state index is 12.5. The van der Waals surface area contributed by atoms with E-state index in [1.165, 1.54) is 32.6 Å². The average Bonchev–Trinajstić information content (AvgIpc) is 2.67. The summed E-state index contributed by atoms with van der Waals surface area (Å²) in [5, 5.41) is 2.82. The lowest BCUT2D eigenvalue weighted by atomic mass is 9.97. The first-order chi connectivity index (χ1) is 12.6. The molecule has 0 heterocycles. The molecule has 6 nitrogen and oxygen atoms in total. The molecule has 0 saturated carbocycles. The molecule has 0 unspecified atom stereocenters. The SMILES string of the molecule is COc1cccc(OC)c1C(=O)O[C@@H](C)C(=O)NCCC1=CCCCC1. The van der Waals surface area contributed by atoms with Crippen molar-refractivity contribution in [3.05, 3.63) is 35.4 Å². The second-order valence-electron chi connectivity index (χ2n) is 6.23. The van der Waals surface area contributed by atoms with Gasteiger partial charge in [-0.1, -0.05) is 17.7 Å². The summed E-state index contributed by atoms with van der Waals surface area (Å²) in [7, 11) is 2.92. The number of esters is 1. The molecule has 26 heavy (non-hydrogen) atoms. The summed E-state index contributed by atoms with van der Waals surface area (Å²) in [6.07, 6.45) is 6.88. The molecule has 2 rings (SSSR count). The maximum absolute atomic E-state index is 12.5. The lowest BCUT2D eigenvalue weighted by Gasteiger charge is -2.17. The molecule has 6 heteroatoms. The minimum Gasteiger partial charge on any atom is -0.496 e. The van der Waals surface area contributed by atoms with Gasteiger partial charge in [0.05, 0.1) is 14.2 Å². The van der Waals surface area contributed by atoms with Crippen molar-refractivity contribution in [2.45, 2.75) is 45.1 Å². The first-order valence-electron chi connectivity index (χ1n) is 8.94. The number of methoxy groups -OCH3 is 2. The molecule has 1 aromatic carbocycles. The number of benzene rings is 1. The van der Waals surface area contributed by atoms with Crippen LogP contribution in [0.3, 0.4) is 0 Å². The van der Waals surface area contributed by atoms with E-state index in [9.17, 15) is 9.59 Å². The summed E-state index contributed by atoms with van der Waals surface area (Å²) in [5.74, 6) is -0.294. The van der Waals surface area contributed by atoms with Crippen LogP contribution >= 0.6 is 0 Å². The zero-order chi connectivity index (χ0) is 18.9. The van der Waals surface area contributed by atoms with Gasteiger partial charge in [-0.2, -0.15) is 0 Å². The fourth-order valence-corrected chi connectivity index (χ4v) is 2.95. The lowest BCUT2D eigenvalue weighted by molar-refractivity contribution is -0.129. The number of carbonyl (C=O) groups excluding carboxylic acids is 2. The molecule has 1 aliphatic carbocycles. The summed E-state index contributed by atoms with van der Waals surface area (Å²) < 4.78 is 15.7. The first kappa shape index (κ1) is 19.8. The molecule has 0 fully saturated rings. The van der Waals surface area contributed by atoms with Crippen LogP contribution in [0.2, 0.25) is 0 Å². The summed E-state index contributed by atoms with van der Waals surface area (Å²) in [4.78, 5) is 24.7. The topological polar surface area (TPSA) is 73.9 Å². The van der Waals surface area contributed by atoms with Gasteiger partial charge in [-0.05, 0) is 51.2 Å². The zero-order valence-corrected chi connectivity index (χ0v) is 15.7. The Kier molecular flexibility index (Phi) is 7.51. The highest BCUT2D eigenvalue weighted by molar-refractivity contribution is 5.97. The number of hydrogen-bond donors (Lipinski definition) is 1. The second-order valence-corrected chi connectivity index (χ2v) is 6.23. The highest BCUT2D eigenvalue weighted by Gasteiger charge is 2.24. The van der Waals surface area contributed by atoms with Crippen molar-refractivity contribution in [1.29, 1.82) is 0 Å². The van der Waals surface area contributed by atoms with Crippen LogP contribution in [0, 0.1) is 0 Å². The van der Waals surface area contributed by atoms with Gasteiger partial charge < -0.3 is 19.5 Å².